The number of carbonyl (C=O) groups is 1. The largest absolute Gasteiger partial charge is 0.350 e. The van der Waals surface area contributed by atoms with Crippen molar-refractivity contribution >= 4 is 5.91 Å². The molecule has 0 atom stereocenters. The van der Waals surface area contributed by atoms with Crippen LogP contribution in [0.2, 0.25) is 0 Å². The van der Waals surface area contributed by atoms with Crippen LogP contribution in [0, 0.1) is 6.92 Å². The SMILES string of the molecule is CCc1c(C(=O)NC(C)C)c(C)nn1Cc1ccccc1. The number of hydrogen-bond donors (Lipinski definition) is 1. The van der Waals surface area contributed by atoms with Crippen molar-refractivity contribution in [2.75, 3.05) is 0 Å². The molecule has 0 saturated carbocycles. The molecule has 0 aliphatic rings. The van der Waals surface area contributed by atoms with E-state index in [4.69, 9.17) is 0 Å². The molecule has 0 spiro atoms. The van der Waals surface area contributed by atoms with E-state index in [0.29, 0.717) is 6.54 Å². The summed E-state index contributed by atoms with van der Waals surface area (Å²) in [5.41, 5.74) is 3.70. The van der Waals surface area contributed by atoms with Crippen molar-refractivity contribution in [1.82, 2.24) is 15.1 Å². The molecule has 0 aliphatic carbocycles. The standard InChI is InChI=1S/C17H23N3O/c1-5-15-16(17(21)18-12(2)3)13(4)19-20(15)11-14-9-7-6-8-10-14/h6-10,12H,5,11H2,1-4H3,(H,18,21). The first kappa shape index (κ1) is 15.3. The van der Waals surface area contributed by atoms with Crippen LogP contribution in [-0.2, 0) is 13.0 Å². The van der Waals surface area contributed by atoms with Gasteiger partial charge in [0.15, 0.2) is 0 Å². The normalized spacial score (nSPS) is 10.9. The summed E-state index contributed by atoms with van der Waals surface area (Å²) >= 11 is 0. The second-order valence-electron chi connectivity index (χ2n) is 5.53. The molecule has 4 heteroatoms. The lowest BCUT2D eigenvalue weighted by Crippen LogP contribution is -2.31. The third-order valence-corrected chi connectivity index (χ3v) is 3.39. The maximum absolute atomic E-state index is 12.4. The molecule has 0 unspecified atom stereocenters. The number of nitrogens with zero attached hydrogens (tertiary/aromatic N) is 2. The Kier molecular flexibility index (Phi) is 4.78. The van der Waals surface area contributed by atoms with E-state index in [1.165, 1.54) is 5.56 Å². The molecular formula is C17H23N3O. The molecule has 4 nitrogen and oxygen atoms in total. The Bertz CT molecular complexity index is 614. The van der Waals surface area contributed by atoms with Gasteiger partial charge in [0.2, 0.25) is 0 Å². The summed E-state index contributed by atoms with van der Waals surface area (Å²) in [6, 6.07) is 10.3. The number of aryl methyl sites for hydroxylation is 1. The van der Waals surface area contributed by atoms with Gasteiger partial charge in [-0.1, -0.05) is 37.3 Å². The zero-order valence-corrected chi connectivity index (χ0v) is 13.2. The zero-order chi connectivity index (χ0) is 15.4. The van der Waals surface area contributed by atoms with Gasteiger partial charge in [-0.25, -0.2) is 0 Å². The molecule has 2 rings (SSSR count). The average Bonchev–Trinajstić information content (AvgIpc) is 2.74. The maximum atomic E-state index is 12.4. The summed E-state index contributed by atoms with van der Waals surface area (Å²) in [5.74, 6) is -0.0290. The summed E-state index contributed by atoms with van der Waals surface area (Å²) in [6.45, 7) is 8.58. The molecule has 1 aromatic heterocycles. The van der Waals surface area contributed by atoms with E-state index >= 15 is 0 Å². The quantitative estimate of drug-likeness (QED) is 0.918. The fourth-order valence-corrected chi connectivity index (χ4v) is 2.51. The fourth-order valence-electron chi connectivity index (χ4n) is 2.51. The van der Waals surface area contributed by atoms with E-state index in [-0.39, 0.29) is 11.9 Å². The zero-order valence-electron chi connectivity index (χ0n) is 13.2. The fraction of sp³-hybridized carbons (Fsp3) is 0.412. The Balaban J connectivity index is 2.34. The van der Waals surface area contributed by atoms with E-state index in [2.05, 4.69) is 29.5 Å². The predicted octanol–water partition coefficient (Wildman–Crippen LogP) is 2.94. The van der Waals surface area contributed by atoms with Crippen molar-refractivity contribution in [3.8, 4) is 0 Å². The van der Waals surface area contributed by atoms with Crippen LogP contribution in [0.1, 0.15) is 48.1 Å². The summed E-state index contributed by atoms with van der Waals surface area (Å²) in [7, 11) is 0. The molecule has 21 heavy (non-hydrogen) atoms. The van der Waals surface area contributed by atoms with E-state index in [1.54, 1.807) is 0 Å². The molecule has 112 valence electrons. The highest BCUT2D eigenvalue weighted by Crippen LogP contribution is 2.16. The first-order valence-corrected chi connectivity index (χ1v) is 7.44. The summed E-state index contributed by atoms with van der Waals surface area (Å²) in [4.78, 5) is 12.4. The number of carbonyl (C=O) groups excluding carboxylic acids is 1. The second-order valence-corrected chi connectivity index (χ2v) is 5.53. The van der Waals surface area contributed by atoms with Gasteiger partial charge >= 0.3 is 0 Å². The molecule has 1 heterocycles. The van der Waals surface area contributed by atoms with Crippen molar-refractivity contribution < 1.29 is 4.79 Å². The monoisotopic (exact) mass is 285 g/mol. The third kappa shape index (κ3) is 3.51. The first-order valence-electron chi connectivity index (χ1n) is 7.44. The maximum Gasteiger partial charge on any atom is 0.255 e. The van der Waals surface area contributed by atoms with Crippen molar-refractivity contribution in [2.45, 2.75) is 46.7 Å². The van der Waals surface area contributed by atoms with Gasteiger partial charge in [-0.2, -0.15) is 5.10 Å². The molecule has 0 saturated heterocycles. The van der Waals surface area contributed by atoms with Gasteiger partial charge in [0.1, 0.15) is 0 Å². The van der Waals surface area contributed by atoms with E-state index in [1.807, 2.05) is 43.7 Å². The lowest BCUT2D eigenvalue weighted by molar-refractivity contribution is 0.0941. The van der Waals surface area contributed by atoms with Crippen LogP contribution in [0.3, 0.4) is 0 Å². The van der Waals surface area contributed by atoms with Gasteiger partial charge in [0, 0.05) is 6.04 Å². The molecule has 1 N–H and O–H groups in total. The van der Waals surface area contributed by atoms with E-state index in [9.17, 15) is 4.79 Å². The molecule has 0 radical (unpaired) electrons. The molecule has 0 aliphatic heterocycles. The van der Waals surface area contributed by atoms with E-state index in [0.717, 1.165) is 23.4 Å². The van der Waals surface area contributed by atoms with Crippen LogP contribution in [0.5, 0.6) is 0 Å². The predicted molar refractivity (Wildman–Crippen MR) is 84.5 cm³/mol. The van der Waals surface area contributed by atoms with Crippen LogP contribution in [0.15, 0.2) is 30.3 Å². The van der Waals surface area contributed by atoms with Gasteiger partial charge in [0.05, 0.1) is 23.5 Å². The van der Waals surface area contributed by atoms with Crippen molar-refractivity contribution in [2.24, 2.45) is 0 Å². The summed E-state index contributed by atoms with van der Waals surface area (Å²) in [5, 5.41) is 7.52. The molecule has 1 aromatic carbocycles. The Morgan fingerprint density at radius 2 is 1.95 bits per heavy atom. The van der Waals surface area contributed by atoms with Crippen LogP contribution < -0.4 is 5.32 Å². The lowest BCUT2D eigenvalue weighted by atomic mass is 10.1. The number of amides is 1. The summed E-state index contributed by atoms with van der Waals surface area (Å²) < 4.78 is 1.94. The second kappa shape index (κ2) is 6.57. The van der Waals surface area contributed by atoms with Crippen LogP contribution >= 0.6 is 0 Å². The minimum atomic E-state index is -0.0290. The van der Waals surface area contributed by atoms with Crippen molar-refractivity contribution in [3.63, 3.8) is 0 Å². The molecule has 0 fully saturated rings. The average molecular weight is 285 g/mol. The van der Waals surface area contributed by atoms with Crippen LogP contribution in [-0.4, -0.2) is 21.7 Å². The minimum absolute atomic E-state index is 0.0290. The van der Waals surface area contributed by atoms with Crippen molar-refractivity contribution in [1.29, 1.82) is 0 Å². The first-order chi connectivity index (χ1) is 10.0. The van der Waals surface area contributed by atoms with E-state index < -0.39 is 0 Å². The Morgan fingerprint density at radius 1 is 1.29 bits per heavy atom. The molecule has 1 amide bonds. The van der Waals surface area contributed by atoms with Crippen LogP contribution in [0.4, 0.5) is 0 Å². The number of rotatable bonds is 5. The number of hydrogen-bond acceptors (Lipinski definition) is 2. The van der Waals surface area contributed by atoms with Gasteiger partial charge in [-0.15, -0.1) is 0 Å². The topological polar surface area (TPSA) is 46.9 Å². The lowest BCUT2D eigenvalue weighted by Gasteiger charge is -2.10. The van der Waals surface area contributed by atoms with Gasteiger partial charge in [-0.3, -0.25) is 9.48 Å². The summed E-state index contributed by atoms with van der Waals surface area (Å²) in [6.07, 6.45) is 0.786. The number of aromatic nitrogens is 2. The van der Waals surface area contributed by atoms with Gasteiger partial charge < -0.3 is 5.32 Å². The Hall–Kier alpha value is -2.10. The van der Waals surface area contributed by atoms with Crippen molar-refractivity contribution in [3.05, 3.63) is 52.8 Å². The smallest absolute Gasteiger partial charge is 0.255 e. The van der Waals surface area contributed by atoms with Gasteiger partial charge in [0.25, 0.3) is 5.91 Å². The number of benzene rings is 1. The minimum Gasteiger partial charge on any atom is -0.350 e. The van der Waals surface area contributed by atoms with Gasteiger partial charge in [-0.05, 0) is 32.8 Å². The Labute approximate surface area is 126 Å². The molecule has 2 aromatic rings. The third-order valence-electron chi connectivity index (χ3n) is 3.39. The molecule has 0 bridgehead atoms. The highest BCUT2D eigenvalue weighted by molar-refractivity contribution is 5.96. The van der Waals surface area contributed by atoms with Crippen LogP contribution in [0.25, 0.3) is 0 Å². The number of nitrogens with one attached hydrogen (secondary N) is 1. The highest BCUT2D eigenvalue weighted by atomic mass is 16.1. The molecular weight excluding hydrogens is 262 g/mol. The highest BCUT2D eigenvalue weighted by Gasteiger charge is 2.20. The Morgan fingerprint density at radius 3 is 2.52 bits per heavy atom.